The standard InChI is InChI=1S/C62H47N11O20S5.3O3S/c1-3-25-93-52-31-49(70-66-44-23-24-53(95(81,82)83)42-28-36(94(78,79)80)29-51(74)56(42)44)32(2)26-50(52)71-73-58-55(97(87,88)89)30-41-40(61(58)77)18-22-48(62(41)98(90,91)92)69-72-57-38-16-21-47(60(76)39(38)17-20-45(57)63-34-9-5-4-6-10-34)67-64-35-14-15-37-33(27-35)13-19-46(59(37)75)68-65-43-11-7-8-12-54(43)96(84,85)86;3*1-4(2)3/h4-24,26-31,63,74-77H,3,25H2,1-2H3,(H,78,79,80)(H,81,82,83)(H,84,85,86)(H,87,88,89)(H,90,91,92);;;. The molecule has 10 N–H and O–H groups in total. The average Bonchev–Trinajstić information content (AvgIpc) is 0.741. The highest BCUT2D eigenvalue weighted by Gasteiger charge is 2.29. The van der Waals surface area contributed by atoms with Crippen LogP contribution in [0.3, 0.4) is 0 Å². The van der Waals surface area contributed by atoms with Gasteiger partial charge in [-0.1, -0.05) is 43.3 Å². The SMILES string of the molecule is CCCOc1cc(N=Nc2ccc(S(=O)(=O)O)c3cc(S(=O)(=O)O)cc(O)c23)c(C)cc1N=Nc1c(S(=O)(=O)O)cc2c(S(=O)(=O)O)c(N=Nc3c(Nc4ccccc4)ccc4c(O)c(N=Nc5ccc6c(O)c(N=Nc7ccccc7S(=O)(=O)O)ccc6c5)ccc34)ccc2c1O.O=S(=O)=O.O=S(=O)=O.O=S(=O)=O. The van der Waals surface area contributed by atoms with E-state index in [1.165, 1.54) is 79.7 Å². The number of aryl methyl sites for hydroxylation is 1. The number of phenols is 4. The van der Waals surface area contributed by atoms with Crippen molar-refractivity contribution in [1.29, 1.82) is 0 Å². The van der Waals surface area contributed by atoms with E-state index < -0.39 is 157 Å². The molecule has 0 saturated carbocycles. The quantitative estimate of drug-likeness (QED) is 0.0250. The molecule has 11 aromatic carbocycles. The van der Waals surface area contributed by atoms with E-state index in [2.05, 4.69) is 56.5 Å². The number of ether oxygens (including phenoxy) is 1. The second kappa shape index (κ2) is 34.3. The molecule has 0 aromatic heterocycles. The number of phenolic OH excluding ortho intramolecular Hbond substituents is 4. The van der Waals surface area contributed by atoms with Crippen LogP contribution in [0.15, 0.2) is 239 Å². The lowest BCUT2D eigenvalue weighted by Gasteiger charge is -2.14. The summed E-state index contributed by atoms with van der Waals surface area (Å²) in [5.74, 6) is -2.76. The minimum absolute atomic E-state index is 0.0261. The largest absolute Gasteiger partial charge is 0.507 e. The highest BCUT2D eigenvalue weighted by molar-refractivity contribution is 7.87. The Morgan fingerprint density at radius 1 is 0.382 bits per heavy atom. The maximum atomic E-state index is 13.5. The first kappa shape index (κ1) is 83.3. The predicted molar refractivity (Wildman–Crippen MR) is 385 cm³/mol. The second-order valence-corrected chi connectivity index (χ2v) is 29.9. The first-order chi connectivity index (χ1) is 51.5. The molecule has 0 aliphatic carbocycles. The molecule has 0 spiro atoms. The lowest BCUT2D eigenvalue weighted by molar-refractivity contribution is 0.318. The van der Waals surface area contributed by atoms with Crippen molar-refractivity contribution >= 4 is 194 Å². The highest BCUT2D eigenvalue weighted by Crippen LogP contribution is 2.50. The molecule has 0 aliphatic heterocycles. The molecule has 110 heavy (non-hydrogen) atoms. The van der Waals surface area contributed by atoms with Crippen molar-refractivity contribution in [3.63, 3.8) is 0 Å². The molecule has 0 radical (unpaired) electrons. The Labute approximate surface area is 623 Å². The van der Waals surface area contributed by atoms with E-state index in [1.807, 2.05) is 0 Å². The first-order valence-electron chi connectivity index (χ1n) is 29.6. The van der Waals surface area contributed by atoms with Crippen LogP contribution in [0.1, 0.15) is 18.9 Å². The summed E-state index contributed by atoms with van der Waals surface area (Å²) >= 11 is 0. The number of hydrogen-bond donors (Lipinski definition) is 10. The molecule has 0 heterocycles. The topological polar surface area (TPSA) is 651 Å². The molecule has 0 amide bonds. The van der Waals surface area contributed by atoms with Crippen LogP contribution in [0.25, 0.3) is 43.1 Å². The number of rotatable bonds is 20. The molecule has 48 heteroatoms. The van der Waals surface area contributed by atoms with Gasteiger partial charge < -0.3 is 30.5 Å². The van der Waals surface area contributed by atoms with E-state index in [-0.39, 0.29) is 85.6 Å². The number of fused-ring (bicyclic) bond motifs is 4. The number of hydrogen-bond acceptors (Lipinski definition) is 35. The van der Waals surface area contributed by atoms with Gasteiger partial charge in [-0.2, -0.15) is 52.3 Å². The number of anilines is 2. The van der Waals surface area contributed by atoms with Gasteiger partial charge in [-0.3, -0.25) is 22.8 Å². The van der Waals surface area contributed by atoms with Crippen LogP contribution in [0.2, 0.25) is 0 Å². The highest BCUT2D eigenvalue weighted by atomic mass is 32.2. The lowest BCUT2D eigenvalue weighted by atomic mass is 10.0. The van der Waals surface area contributed by atoms with Crippen molar-refractivity contribution in [2.45, 2.75) is 44.7 Å². The Balaban J connectivity index is 0.00000118. The Morgan fingerprint density at radius 2 is 0.882 bits per heavy atom. The van der Waals surface area contributed by atoms with Crippen molar-refractivity contribution in [3.05, 3.63) is 169 Å². The van der Waals surface area contributed by atoms with Crippen molar-refractivity contribution in [2.75, 3.05) is 11.9 Å². The molecule has 0 bridgehead atoms. The van der Waals surface area contributed by atoms with Crippen molar-refractivity contribution in [1.82, 2.24) is 0 Å². The molecule has 572 valence electrons. The summed E-state index contributed by atoms with van der Waals surface area (Å²) in [6.07, 6.45) is 0.415. The van der Waals surface area contributed by atoms with Gasteiger partial charge in [0.25, 0.3) is 50.6 Å². The number of para-hydroxylation sites is 1. The number of nitrogens with zero attached hydrogens (tertiary/aromatic N) is 10. The molecule has 11 rings (SSSR count). The maximum Gasteiger partial charge on any atom is 0.425 e. The van der Waals surface area contributed by atoms with Crippen LogP contribution in [0.5, 0.6) is 28.7 Å². The molecule has 0 saturated heterocycles. The number of nitrogens with one attached hydrogen (secondary N) is 1. The monoisotopic (exact) mass is 1670 g/mol. The normalized spacial score (nSPS) is 12.1. The van der Waals surface area contributed by atoms with Gasteiger partial charge in [0.15, 0.2) is 17.2 Å². The van der Waals surface area contributed by atoms with Crippen molar-refractivity contribution in [3.8, 4) is 28.7 Å². The summed E-state index contributed by atoms with van der Waals surface area (Å²) < 4.78 is 258. The molecular weight excluding hydrogens is 1620 g/mol. The maximum absolute atomic E-state index is 13.5. The summed E-state index contributed by atoms with van der Waals surface area (Å²) in [6, 6.07) is 36.0. The van der Waals surface area contributed by atoms with Crippen molar-refractivity contribution < 1.29 is 128 Å². The molecule has 0 unspecified atom stereocenters. The third-order valence-electron chi connectivity index (χ3n) is 14.6. The summed E-state index contributed by atoms with van der Waals surface area (Å²) in [5.41, 5.74) is -0.919. The summed E-state index contributed by atoms with van der Waals surface area (Å²) in [5, 5.41) is 89.2. The van der Waals surface area contributed by atoms with Gasteiger partial charge in [-0.15, -0.1) is 78.8 Å². The summed E-state index contributed by atoms with van der Waals surface area (Å²) in [6.45, 7) is 3.28. The van der Waals surface area contributed by atoms with E-state index >= 15 is 0 Å². The molecular formula is C62H47N11O29S8. The fourth-order valence-corrected chi connectivity index (χ4v) is 13.4. The van der Waals surface area contributed by atoms with Gasteiger partial charge in [0.1, 0.15) is 70.9 Å². The van der Waals surface area contributed by atoms with Gasteiger partial charge in [0, 0.05) is 50.1 Å². The van der Waals surface area contributed by atoms with E-state index in [4.69, 9.17) is 42.6 Å². The Morgan fingerprint density at radius 3 is 1.50 bits per heavy atom. The second-order valence-electron chi connectivity index (χ2n) is 21.8. The summed E-state index contributed by atoms with van der Waals surface area (Å²) in [7, 11) is -35.0. The Hall–Kier alpha value is -12.3. The molecule has 0 atom stereocenters. The van der Waals surface area contributed by atoms with Gasteiger partial charge in [-0.05, 0) is 140 Å². The van der Waals surface area contributed by atoms with Gasteiger partial charge in [0.05, 0.1) is 39.6 Å². The van der Waals surface area contributed by atoms with Crippen molar-refractivity contribution in [2.24, 2.45) is 51.1 Å². The average molecular weight is 1670 g/mol. The first-order valence-corrected chi connectivity index (χ1v) is 39.8. The number of azo groups is 5. The Kier molecular flexibility index (Phi) is 26.0. The fourth-order valence-electron chi connectivity index (χ4n) is 10.1. The molecule has 0 fully saturated rings. The van der Waals surface area contributed by atoms with Crippen LogP contribution in [-0.2, 0) is 82.4 Å². The molecule has 11 aromatic rings. The number of benzene rings is 11. The molecule has 40 nitrogen and oxygen atoms in total. The minimum atomic E-state index is -5.50. The zero-order valence-corrected chi connectivity index (χ0v) is 61.5. The Bertz CT molecular complexity index is 6660. The lowest BCUT2D eigenvalue weighted by Crippen LogP contribution is -2.03. The van der Waals surface area contributed by atoms with E-state index in [0.717, 1.165) is 30.3 Å². The van der Waals surface area contributed by atoms with Gasteiger partial charge in [-0.25, -0.2) is 0 Å². The molecule has 0 aliphatic rings. The predicted octanol–water partition coefficient (Wildman–Crippen LogP) is 13.3. The number of aromatic hydroxyl groups is 4. The van der Waals surface area contributed by atoms with Crippen LogP contribution in [-0.4, -0.2) is 130 Å². The van der Waals surface area contributed by atoms with Crippen LogP contribution >= 0.6 is 0 Å². The fraction of sp³-hybridized carbons (Fsp3) is 0.0645. The smallest absolute Gasteiger partial charge is 0.425 e. The van der Waals surface area contributed by atoms with Crippen LogP contribution < -0.4 is 10.1 Å². The zero-order chi connectivity index (χ0) is 81.1. The van der Waals surface area contributed by atoms with Crippen LogP contribution in [0, 0.1) is 6.92 Å². The van der Waals surface area contributed by atoms with Crippen LogP contribution in [0.4, 0.5) is 68.2 Å². The summed E-state index contributed by atoms with van der Waals surface area (Å²) in [4.78, 5) is -4.56. The minimum Gasteiger partial charge on any atom is -0.507 e. The third-order valence-corrected chi connectivity index (χ3v) is 19.1. The third kappa shape index (κ3) is 20.7. The van der Waals surface area contributed by atoms with E-state index in [1.54, 1.807) is 49.4 Å². The zero-order valence-electron chi connectivity index (χ0n) is 54.9. The van der Waals surface area contributed by atoms with E-state index in [9.17, 15) is 85.3 Å². The van der Waals surface area contributed by atoms with Gasteiger partial charge >= 0.3 is 31.8 Å². The van der Waals surface area contributed by atoms with Gasteiger partial charge in [0.2, 0.25) is 0 Å². The van der Waals surface area contributed by atoms with E-state index in [0.29, 0.717) is 41.1 Å².